The fourth-order valence-electron chi connectivity index (χ4n) is 1.01. The van der Waals surface area contributed by atoms with Crippen molar-refractivity contribution in [2.45, 2.75) is 10.1 Å². The van der Waals surface area contributed by atoms with Gasteiger partial charge in [-0.15, -0.1) is 5.10 Å². The predicted molar refractivity (Wildman–Crippen MR) is 53.7 cm³/mol. The molecule has 0 saturated carbocycles. The molecule has 0 aliphatic rings. The number of hydrogen-bond acceptors (Lipinski definition) is 5. The third-order valence-corrected chi connectivity index (χ3v) is 2.82. The van der Waals surface area contributed by atoms with Crippen molar-refractivity contribution in [2.75, 3.05) is 5.73 Å². The molecule has 2 rings (SSSR count). The van der Waals surface area contributed by atoms with Gasteiger partial charge in [0, 0.05) is 12.7 Å². The van der Waals surface area contributed by atoms with Gasteiger partial charge in [-0.05, 0) is 40.4 Å². The monoisotopic (exact) mass is 225 g/mol. The van der Waals surface area contributed by atoms with Gasteiger partial charge in [0.05, 0.1) is 4.90 Å². The molecule has 1 aromatic heterocycles. The van der Waals surface area contributed by atoms with E-state index in [4.69, 9.17) is 5.73 Å². The zero-order valence-electron chi connectivity index (χ0n) is 7.88. The van der Waals surface area contributed by atoms with Crippen LogP contribution in [0.5, 0.6) is 0 Å². The predicted octanol–water partition coefficient (Wildman–Crippen LogP) is 1.08. The van der Waals surface area contributed by atoms with E-state index in [1.807, 2.05) is 0 Å². The highest BCUT2D eigenvalue weighted by Crippen LogP contribution is 2.28. The maximum Gasteiger partial charge on any atom is 0.213 e. The number of aromatic nitrogens is 4. The molecule has 0 fully saturated rings. The minimum atomic E-state index is -0.372. The number of anilines is 1. The van der Waals surface area contributed by atoms with Crippen LogP contribution in [0.25, 0.3) is 0 Å². The second kappa shape index (κ2) is 3.85. The van der Waals surface area contributed by atoms with Gasteiger partial charge in [0.15, 0.2) is 0 Å². The number of tetrazole rings is 1. The van der Waals surface area contributed by atoms with Crippen LogP contribution >= 0.6 is 11.8 Å². The summed E-state index contributed by atoms with van der Waals surface area (Å²) in [6.07, 6.45) is 0. The molecule has 0 radical (unpaired) electrons. The number of halogens is 1. The van der Waals surface area contributed by atoms with Gasteiger partial charge < -0.3 is 5.73 Å². The smallest absolute Gasteiger partial charge is 0.213 e. The second-order valence-electron chi connectivity index (χ2n) is 2.88. The summed E-state index contributed by atoms with van der Waals surface area (Å²) in [7, 11) is 1.69. The van der Waals surface area contributed by atoms with Gasteiger partial charge in [-0.2, -0.15) is 0 Å². The lowest BCUT2D eigenvalue weighted by molar-refractivity contribution is 0.601. The molecule has 2 aromatic rings. The average Bonchev–Trinajstić information content (AvgIpc) is 2.57. The fraction of sp³-hybridized carbons (Fsp3) is 0.125. The molecule has 15 heavy (non-hydrogen) atoms. The molecule has 0 amide bonds. The normalized spacial score (nSPS) is 10.5. The van der Waals surface area contributed by atoms with E-state index in [-0.39, 0.29) is 5.82 Å². The van der Waals surface area contributed by atoms with E-state index in [2.05, 4.69) is 15.5 Å². The lowest BCUT2D eigenvalue weighted by Gasteiger charge is -2.01. The largest absolute Gasteiger partial charge is 0.399 e. The van der Waals surface area contributed by atoms with E-state index in [1.54, 1.807) is 19.2 Å². The van der Waals surface area contributed by atoms with Crippen molar-refractivity contribution in [2.24, 2.45) is 7.05 Å². The number of nitrogens with zero attached hydrogens (tertiary/aromatic N) is 4. The Hall–Kier alpha value is -1.63. The van der Waals surface area contributed by atoms with Crippen LogP contribution in [0.3, 0.4) is 0 Å². The van der Waals surface area contributed by atoms with E-state index >= 15 is 0 Å². The van der Waals surface area contributed by atoms with E-state index in [0.717, 1.165) is 11.8 Å². The highest BCUT2D eigenvalue weighted by Gasteiger charge is 2.09. The standard InChI is InChI=1S/C8H8FN5S/c1-14-8(11-12-13-14)15-7-3-2-5(10)4-6(7)9/h2-4H,10H2,1H3. The topological polar surface area (TPSA) is 69.6 Å². The van der Waals surface area contributed by atoms with Crippen molar-refractivity contribution in [1.82, 2.24) is 20.2 Å². The molecule has 5 nitrogen and oxygen atoms in total. The van der Waals surface area contributed by atoms with Crippen LogP contribution in [0.4, 0.5) is 10.1 Å². The zero-order valence-corrected chi connectivity index (χ0v) is 8.70. The third kappa shape index (κ3) is 2.07. The van der Waals surface area contributed by atoms with E-state index in [1.165, 1.54) is 10.7 Å². The number of nitrogens with two attached hydrogens (primary N) is 1. The van der Waals surface area contributed by atoms with Crippen molar-refractivity contribution >= 4 is 17.4 Å². The first-order valence-electron chi connectivity index (χ1n) is 4.12. The van der Waals surface area contributed by atoms with Gasteiger partial charge in [0.2, 0.25) is 5.16 Å². The summed E-state index contributed by atoms with van der Waals surface area (Å²) in [5, 5.41) is 11.4. The van der Waals surface area contributed by atoms with Gasteiger partial charge in [0.1, 0.15) is 5.82 Å². The van der Waals surface area contributed by atoms with Gasteiger partial charge in [0.25, 0.3) is 0 Å². The Bertz CT molecular complexity index is 484. The minimum Gasteiger partial charge on any atom is -0.399 e. The summed E-state index contributed by atoms with van der Waals surface area (Å²) in [5.41, 5.74) is 5.83. The quantitative estimate of drug-likeness (QED) is 0.774. The van der Waals surface area contributed by atoms with Crippen LogP contribution in [-0.2, 0) is 7.05 Å². The number of hydrogen-bond donors (Lipinski definition) is 1. The molecule has 78 valence electrons. The minimum absolute atomic E-state index is 0.372. The summed E-state index contributed by atoms with van der Waals surface area (Å²) in [4.78, 5) is 0.446. The van der Waals surface area contributed by atoms with E-state index in [0.29, 0.717) is 15.7 Å². The lowest BCUT2D eigenvalue weighted by Crippen LogP contribution is -1.94. The molecule has 0 saturated heterocycles. The van der Waals surface area contributed by atoms with Crippen LogP contribution in [0, 0.1) is 5.82 Å². The maximum absolute atomic E-state index is 13.4. The number of benzene rings is 1. The van der Waals surface area contributed by atoms with Crippen LogP contribution in [0.15, 0.2) is 28.3 Å². The summed E-state index contributed by atoms with van der Waals surface area (Å²) >= 11 is 1.15. The Kier molecular flexibility index (Phi) is 2.55. The maximum atomic E-state index is 13.4. The molecule has 1 heterocycles. The molecule has 0 bridgehead atoms. The fourth-order valence-corrected chi connectivity index (χ4v) is 1.74. The first kappa shape index (κ1) is 9.91. The molecule has 0 spiro atoms. The van der Waals surface area contributed by atoms with Gasteiger partial charge in [-0.1, -0.05) is 0 Å². The molecular formula is C8H8FN5S. The van der Waals surface area contributed by atoms with Crippen molar-refractivity contribution in [1.29, 1.82) is 0 Å². The molecule has 0 aliphatic heterocycles. The second-order valence-corrected chi connectivity index (χ2v) is 3.89. The molecule has 2 N–H and O–H groups in total. The summed E-state index contributed by atoms with van der Waals surface area (Å²) in [5.74, 6) is -0.372. The Morgan fingerprint density at radius 1 is 1.47 bits per heavy atom. The highest BCUT2D eigenvalue weighted by atomic mass is 32.2. The molecule has 0 unspecified atom stereocenters. The zero-order chi connectivity index (χ0) is 10.8. The Balaban J connectivity index is 2.29. The van der Waals surface area contributed by atoms with Crippen molar-refractivity contribution in [3.05, 3.63) is 24.0 Å². The first-order chi connectivity index (χ1) is 7.16. The molecule has 1 aromatic carbocycles. The highest BCUT2D eigenvalue weighted by molar-refractivity contribution is 7.99. The molecule has 7 heteroatoms. The summed E-state index contributed by atoms with van der Waals surface area (Å²) < 4.78 is 14.9. The van der Waals surface area contributed by atoms with Gasteiger partial charge in [-0.3, -0.25) is 0 Å². The SMILES string of the molecule is Cn1nnnc1Sc1ccc(N)cc1F. The van der Waals surface area contributed by atoms with Crippen molar-refractivity contribution in [3.63, 3.8) is 0 Å². The Morgan fingerprint density at radius 2 is 2.27 bits per heavy atom. The van der Waals surface area contributed by atoms with Crippen molar-refractivity contribution < 1.29 is 4.39 Å². The molecule has 0 atom stereocenters. The van der Waals surface area contributed by atoms with Crippen LogP contribution < -0.4 is 5.73 Å². The van der Waals surface area contributed by atoms with E-state index < -0.39 is 0 Å². The van der Waals surface area contributed by atoms with Crippen LogP contribution in [0.1, 0.15) is 0 Å². The van der Waals surface area contributed by atoms with Crippen molar-refractivity contribution in [3.8, 4) is 0 Å². The average molecular weight is 225 g/mol. The first-order valence-corrected chi connectivity index (χ1v) is 4.93. The Morgan fingerprint density at radius 3 is 2.87 bits per heavy atom. The summed E-state index contributed by atoms with van der Waals surface area (Å²) in [6, 6.07) is 4.51. The third-order valence-electron chi connectivity index (χ3n) is 1.74. The Labute approximate surface area is 89.5 Å². The number of rotatable bonds is 2. The van der Waals surface area contributed by atoms with Crippen LogP contribution in [0.2, 0.25) is 0 Å². The van der Waals surface area contributed by atoms with Crippen LogP contribution in [-0.4, -0.2) is 20.2 Å². The summed E-state index contributed by atoms with van der Waals surface area (Å²) in [6.45, 7) is 0. The number of nitrogen functional groups attached to an aromatic ring is 1. The van der Waals surface area contributed by atoms with Gasteiger partial charge >= 0.3 is 0 Å². The van der Waals surface area contributed by atoms with E-state index in [9.17, 15) is 4.39 Å². The number of aryl methyl sites for hydroxylation is 1. The lowest BCUT2D eigenvalue weighted by atomic mass is 10.3. The van der Waals surface area contributed by atoms with Gasteiger partial charge in [-0.25, -0.2) is 9.07 Å². The molecule has 0 aliphatic carbocycles. The molecular weight excluding hydrogens is 217 g/mol.